The molecule has 1 aliphatic carbocycles. The van der Waals surface area contributed by atoms with Crippen LogP contribution < -0.4 is 9.64 Å². The number of imide groups is 1. The van der Waals surface area contributed by atoms with E-state index in [1.807, 2.05) is 35.7 Å². The van der Waals surface area contributed by atoms with Crippen molar-refractivity contribution in [3.8, 4) is 5.75 Å². The number of benzene rings is 1. The fraction of sp³-hybridized carbons (Fsp3) is 0.440. The van der Waals surface area contributed by atoms with Crippen LogP contribution in [0.5, 0.6) is 5.75 Å². The lowest BCUT2D eigenvalue weighted by Crippen LogP contribution is -2.49. The van der Waals surface area contributed by atoms with E-state index in [2.05, 4.69) is 15.9 Å². The molecule has 7 heteroatoms. The summed E-state index contributed by atoms with van der Waals surface area (Å²) in [4.78, 5) is 34.1. The second kappa shape index (κ2) is 8.98. The number of amides is 2. The maximum absolute atomic E-state index is 13.6. The highest BCUT2D eigenvalue weighted by atomic mass is 32.1. The Bertz CT molecular complexity index is 1020. The van der Waals surface area contributed by atoms with Crippen LogP contribution in [0.1, 0.15) is 37.0 Å². The van der Waals surface area contributed by atoms with Crippen molar-refractivity contribution in [2.75, 3.05) is 38.2 Å². The Balaban J connectivity index is 1.41. The van der Waals surface area contributed by atoms with Gasteiger partial charge in [-0.1, -0.05) is 37.5 Å². The summed E-state index contributed by atoms with van der Waals surface area (Å²) in [5, 5.41) is 1.97. The maximum Gasteiger partial charge on any atom is 0.278 e. The number of rotatable bonds is 5. The van der Waals surface area contributed by atoms with Gasteiger partial charge in [0.25, 0.3) is 11.8 Å². The predicted molar refractivity (Wildman–Crippen MR) is 127 cm³/mol. The first-order chi connectivity index (χ1) is 15.7. The molecule has 2 fully saturated rings. The molecule has 0 radical (unpaired) electrons. The molecule has 0 bridgehead atoms. The summed E-state index contributed by atoms with van der Waals surface area (Å²) in [6.45, 7) is 2.93. The number of hydrogen-bond acceptors (Lipinski definition) is 6. The largest absolute Gasteiger partial charge is 0.495 e. The summed E-state index contributed by atoms with van der Waals surface area (Å²) in [6.07, 6.45) is 5.20. The quantitative estimate of drug-likeness (QED) is 0.644. The molecule has 1 aromatic carbocycles. The molecule has 3 aliphatic rings. The highest BCUT2D eigenvalue weighted by Gasteiger charge is 2.45. The minimum absolute atomic E-state index is 0.0334. The first kappa shape index (κ1) is 21.1. The Hall–Kier alpha value is -2.80. The van der Waals surface area contributed by atoms with Crippen LogP contribution in [0.2, 0.25) is 0 Å². The van der Waals surface area contributed by atoms with Crippen molar-refractivity contribution in [2.45, 2.75) is 38.1 Å². The first-order valence-corrected chi connectivity index (χ1v) is 12.4. The molecule has 1 saturated carbocycles. The van der Waals surface area contributed by atoms with Crippen molar-refractivity contribution in [2.24, 2.45) is 0 Å². The Morgan fingerprint density at radius 3 is 2.28 bits per heavy atom. The Kier molecular flexibility index (Phi) is 5.91. The van der Waals surface area contributed by atoms with Crippen LogP contribution in [0.3, 0.4) is 0 Å². The SMILES string of the molecule is COc1ccccc1N1CCN(C2=C(c3cccs3)C(=O)N(C3CCCCC3)C2=O)CC1. The molecule has 1 aromatic heterocycles. The van der Waals surface area contributed by atoms with Gasteiger partial charge in [-0.2, -0.15) is 0 Å². The highest BCUT2D eigenvalue weighted by Crippen LogP contribution is 2.38. The number of piperazine rings is 1. The van der Waals surface area contributed by atoms with Gasteiger partial charge in [-0.05, 0) is 36.4 Å². The molecule has 5 rings (SSSR count). The van der Waals surface area contributed by atoms with Gasteiger partial charge in [0.05, 0.1) is 18.4 Å². The lowest BCUT2D eigenvalue weighted by atomic mass is 9.94. The van der Waals surface area contributed by atoms with Gasteiger partial charge in [0.2, 0.25) is 0 Å². The van der Waals surface area contributed by atoms with E-state index in [-0.39, 0.29) is 17.9 Å². The molecule has 1 saturated heterocycles. The summed E-state index contributed by atoms with van der Waals surface area (Å²) in [6, 6.07) is 12.0. The van der Waals surface area contributed by atoms with Crippen molar-refractivity contribution in [3.63, 3.8) is 0 Å². The second-order valence-electron chi connectivity index (χ2n) is 8.62. The van der Waals surface area contributed by atoms with E-state index in [0.717, 1.165) is 55.1 Å². The van der Waals surface area contributed by atoms with Gasteiger partial charge < -0.3 is 14.5 Å². The topological polar surface area (TPSA) is 53.1 Å². The number of anilines is 1. The van der Waals surface area contributed by atoms with Gasteiger partial charge in [-0.25, -0.2) is 0 Å². The molecule has 2 aromatic rings. The van der Waals surface area contributed by atoms with E-state index in [1.165, 1.54) is 17.8 Å². The Morgan fingerprint density at radius 2 is 1.59 bits per heavy atom. The molecule has 0 atom stereocenters. The van der Waals surface area contributed by atoms with Crippen LogP contribution in [0.25, 0.3) is 5.57 Å². The molecule has 3 heterocycles. The molecular formula is C25H29N3O3S. The zero-order chi connectivity index (χ0) is 22.1. The number of nitrogens with zero attached hydrogens (tertiary/aromatic N) is 3. The molecule has 0 spiro atoms. The maximum atomic E-state index is 13.6. The minimum atomic E-state index is -0.105. The van der Waals surface area contributed by atoms with Gasteiger partial charge in [0, 0.05) is 37.1 Å². The third-order valence-corrected chi connectivity index (χ3v) is 7.71. The van der Waals surface area contributed by atoms with Gasteiger partial charge >= 0.3 is 0 Å². The van der Waals surface area contributed by atoms with Crippen molar-refractivity contribution in [3.05, 3.63) is 52.4 Å². The van der Waals surface area contributed by atoms with Crippen LogP contribution in [0.15, 0.2) is 47.5 Å². The number of thiophene rings is 1. The zero-order valence-electron chi connectivity index (χ0n) is 18.5. The number of ether oxygens (including phenoxy) is 1. The van der Waals surface area contributed by atoms with Gasteiger partial charge in [0.1, 0.15) is 11.4 Å². The highest BCUT2D eigenvalue weighted by molar-refractivity contribution is 7.11. The lowest BCUT2D eigenvalue weighted by Gasteiger charge is -2.38. The fourth-order valence-electron chi connectivity index (χ4n) is 5.20. The summed E-state index contributed by atoms with van der Waals surface area (Å²) in [5.74, 6) is 0.651. The van der Waals surface area contributed by atoms with Crippen LogP contribution in [-0.4, -0.2) is 60.9 Å². The average molecular weight is 452 g/mol. The van der Waals surface area contributed by atoms with Gasteiger partial charge in [-0.15, -0.1) is 11.3 Å². The van der Waals surface area contributed by atoms with E-state index in [4.69, 9.17) is 4.74 Å². The van der Waals surface area contributed by atoms with Crippen molar-refractivity contribution < 1.29 is 14.3 Å². The zero-order valence-corrected chi connectivity index (χ0v) is 19.3. The average Bonchev–Trinajstić information content (AvgIpc) is 3.45. The van der Waals surface area contributed by atoms with E-state index in [0.29, 0.717) is 24.4 Å². The van der Waals surface area contributed by atoms with E-state index in [1.54, 1.807) is 12.0 Å². The number of carbonyl (C=O) groups is 2. The van der Waals surface area contributed by atoms with Crippen molar-refractivity contribution in [1.82, 2.24) is 9.80 Å². The van der Waals surface area contributed by atoms with Crippen LogP contribution in [0, 0.1) is 0 Å². The minimum Gasteiger partial charge on any atom is -0.495 e. The Labute approximate surface area is 193 Å². The number of hydrogen-bond donors (Lipinski definition) is 0. The smallest absolute Gasteiger partial charge is 0.278 e. The number of methoxy groups -OCH3 is 1. The third-order valence-electron chi connectivity index (χ3n) is 6.82. The summed E-state index contributed by atoms with van der Waals surface area (Å²) in [7, 11) is 1.69. The van der Waals surface area contributed by atoms with Crippen molar-refractivity contribution >= 4 is 34.4 Å². The molecular weight excluding hydrogens is 422 g/mol. The second-order valence-corrected chi connectivity index (χ2v) is 9.57. The Morgan fingerprint density at radius 1 is 0.875 bits per heavy atom. The summed E-state index contributed by atoms with van der Waals surface area (Å²) in [5.41, 5.74) is 2.27. The fourth-order valence-corrected chi connectivity index (χ4v) is 5.97. The molecule has 6 nitrogen and oxygen atoms in total. The molecule has 2 amide bonds. The monoisotopic (exact) mass is 451 g/mol. The predicted octanol–water partition coefficient (Wildman–Crippen LogP) is 3.99. The molecule has 0 unspecified atom stereocenters. The van der Waals surface area contributed by atoms with E-state index < -0.39 is 0 Å². The molecule has 0 N–H and O–H groups in total. The van der Waals surface area contributed by atoms with E-state index >= 15 is 0 Å². The first-order valence-electron chi connectivity index (χ1n) is 11.5. The normalized spacial score (nSPS) is 20.5. The number of para-hydroxylation sites is 2. The third kappa shape index (κ3) is 3.68. The van der Waals surface area contributed by atoms with Crippen LogP contribution in [0.4, 0.5) is 5.69 Å². The molecule has 2 aliphatic heterocycles. The van der Waals surface area contributed by atoms with Gasteiger partial charge in [0.15, 0.2) is 0 Å². The summed E-state index contributed by atoms with van der Waals surface area (Å²) < 4.78 is 5.53. The standard InChI is InChI=1S/C25H29N3O3S/c1-31-20-11-6-5-10-19(20)26-13-15-27(16-14-26)23-22(21-12-7-17-32-21)24(29)28(25(23)30)18-8-3-2-4-9-18/h5-7,10-12,17-18H,2-4,8-9,13-16H2,1H3. The summed E-state index contributed by atoms with van der Waals surface area (Å²) >= 11 is 1.53. The lowest BCUT2D eigenvalue weighted by molar-refractivity contribution is -0.141. The number of carbonyl (C=O) groups excluding carboxylic acids is 2. The molecule has 32 heavy (non-hydrogen) atoms. The molecule has 168 valence electrons. The van der Waals surface area contributed by atoms with Crippen molar-refractivity contribution in [1.29, 1.82) is 0 Å². The van der Waals surface area contributed by atoms with Gasteiger partial charge in [-0.3, -0.25) is 14.5 Å². The van der Waals surface area contributed by atoms with E-state index in [9.17, 15) is 9.59 Å². The van der Waals surface area contributed by atoms with Crippen LogP contribution >= 0.6 is 11.3 Å². The van der Waals surface area contributed by atoms with Crippen LogP contribution in [-0.2, 0) is 9.59 Å².